The van der Waals surface area contributed by atoms with Crippen LogP contribution in [0.3, 0.4) is 0 Å². The van der Waals surface area contributed by atoms with Gasteiger partial charge in [-0.2, -0.15) is 0 Å². The Kier molecular flexibility index (Phi) is 1.31. The SMILES string of the molecule is Nc1ncn2ccc3ccccc3c12. The van der Waals surface area contributed by atoms with Crippen LogP contribution in [-0.2, 0) is 0 Å². The van der Waals surface area contributed by atoms with E-state index in [0.717, 1.165) is 10.9 Å². The van der Waals surface area contributed by atoms with Gasteiger partial charge in [0.2, 0.25) is 0 Å². The van der Waals surface area contributed by atoms with Crippen molar-refractivity contribution in [1.29, 1.82) is 0 Å². The van der Waals surface area contributed by atoms with Gasteiger partial charge in [-0.25, -0.2) is 4.98 Å². The Morgan fingerprint density at radius 1 is 1.14 bits per heavy atom. The van der Waals surface area contributed by atoms with Crippen LogP contribution in [0.25, 0.3) is 16.3 Å². The fraction of sp³-hybridized carbons (Fsp3) is 0. The van der Waals surface area contributed by atoms with E-state index in [2.05, 4.69) is 23.2 Å². The van der Waals surface area contributed by atoms with Gasteiger partial charge in [0.25, 0.3) is 0 Å². The Morgan fingerprint density at radius 3 is 2.93 bits per heavy atom. The van der Waals surface area contributed by atoms with Crippen LogP contribution in [0.4, 0.5) is 5.82 Å². The van der Waals surface area contributed by atoms with E-state index in [-0.39, 0.29) is 0 Å². The third kappa shape index (κ3) is 0.836. The second-order valence-electron chi connectivity index (χ2n) is 3.29. The third-order valence-electron chi connectivity index (χ3n) is 2.45. The number of nitrogens with zero attached hydrogens (tertiary/aromatic N) is 2. The summed E-state index contributed by atoms with van der Waals surface area (Å²) in [5, 5.41) is 2.33. The highest BCUT2D eigenvalue weighted by atomic mass is 15.0. The molecule has 0 radical (unpaired) electrons. The highest BCUT2D eigenvalue weighted by molar-refractivity contribution is 6.00. The van der Waals surface area contributed by atoms with Gasteiger partial charge in [0, 0.05) is 11.6 Å². The molecule has 0 amide bonds. The van der Waals surface area contributed by atoms with Crippen LogP contribution < -0.4 is 5.73 Å². The van der Waals surface area contributed by atoms with Crippen LogP contribution in [0.2, 0.25) is 0 Å². The van der Waals surface area contributed by atoms with E-state index in [1.165, 1.54) is 5.39 Å². The minimum Gasteiger partial charge on any atom is -0.382 e. The van der Waals surface area contributed by atoms with Crippen LogP contribution >= 0.6 is 0 Å². The number of benzene rings is 1. The van der Waals surface area contributed by atoms with E-state index in [9.17, 15) is 0 Å². The number of imidazole rings is 1. The number of aromatic nitrogens is 2. The third-order valence-corrected chi connectivity index (χ3v) is 2.45. The zero-order chi connectivity index (χ0) is 9.54. The molecule has 3 rings (SSSR count). The fourth-order valence-corrected chi connectivity index (χ4v) is 1.78. The zero-order valence-electron chi connectivity index (χ0n) is 7.51. The number of pyridine rings is 1. The summed E-state index contributed by atoms with van der Waals surface area (Å²) in [6.45, 7) is 0. The molecule has 0 saturated heterocycles. The van der Waals surface area contributed by atoms with E-state index in [4.69, 9.17) is 5.73 Å². The van der Waals surface area contributed by atoms with Crippen molar-refractivity contribution in [3.63, 3.8) is 0 Å². The summed E-state index contributed by atoms with van der Waals surface area (Å²) in [5.41, 5.74) is 6.80. The lowest BCUT2D eigenvalue weighted by molar-refractivity contribution is 1.16. The molecule has 0 aliphatic rings. The largest absolute Gasteiger partial charge is 0.382 e. The molecule has 0 unspecified atom stereocenters. The van der Waals surface area contributed by atoms with Crippen molar-refractivity contribution in [3.05, 3.63) is 42.9 Å². The Bertz CT molecular complexity index is 610. The molecule has 3 heteroatoms. The molecule has 0 aliphatic heterocycles. The summed E-state index contributed by atoms with van der Waals surface area (Å²) in [4.78, 5) is 4.09. The monoisotopic (exact) mass is 183 g/mol. The van der Waals surface area contributed by atoms with E-state index in [0.29, 0.717) is 5.82 Å². The fourth-order valence-electron chi connectivity index (χ4n) is 1.78. The number of anilines is 1. The Morgan fingerprint density at radius 2 is 2.00 bits per heavy atom. The van der Waals surface area contributed by atoms with Crippen molar-refractivity contribution < 1.29 is 0 Å². The molecule has 2 N–H and O–H groups in total. The summed E-state index contributed by atoms with van der Waals surface area (Å²) in [6.07, 6.45) is 3.71. The summed E-state index contributed by atoms with van der Waals surface area (Å²) in [5.74, 6) is 0.585. The molecule has 0 bridgehead atoms. The molecule has 68 valence electrons. The van der Waals surface area contributed by atoms with Gasteiger partial charge in [0.1, 0.15) is 12.1 Å². The highest BCUT2D eigenvalue weighted by Crippen LogP contribution is 2.23. The van der Waals surface area contributed by atoms with E-state index in [1.54, 1.807) is 6.33 Å². The topological polar surface area (TPSA) is 43.3 Å². The van der Waals surface area contributed by atoms with Crippen LogP contribution in [-0.4, -0.2) is 9.38 Å². The zero-order valence-corrected chi connectivity index (χ0v) is 7.51. The second-order valence-corrected chi connectivity index (χ2v) is 3.29. The van der Waals surface area contributed by atoms with Crippen molar-refractivity contribution >= 4 is 22.1 Å². The van der Waals surface area contributed by atoms with Gasteiger partial charge >= 0.3 is 0 Å². The standard InChI is InChI=1S/C11H9N3/c12-11-10-9-4-2-1-3-8(9)5-6-14(10)7-13-11/h1-7H,12H2. The van der Waals surface area contributed by atoms with Gasteiger partial charge in [0.05, 0.1) is 5.52 Å². The molecule has 3 aromatic rings. The maximum absolute atomic E-state index is 5.81. The quantitative estimate of drug-likeness (QED) is 0.579. The molecule has 0 saturated carbocycles. The molecular formula is C11H9N3. The number of fused-ring (bicyclic) bond motifs is 3. The number of hydrogen-bond acceptors (Lipinski definition) is 2. The predicted molar refractivity (Wildman–Crippen MR) is 57.1 cm³/mol. The van der Waals surface area contributed by atoms with Crippen molar-refractivity contribution in [3.8, 4) is 0 Å². The molecule has 14 heavy (non-hydrogen) atoms. The lowest BCUT2D eigenvalue weighted by atomic mass is 10.1. The normalized spacial score (nSPS) is 11.1. The first-order chi connectivity index (χ1) is 6.86. The molecule has 1 aromatic carbocycles. The number of hydrogen-bond donors (Lipinski definition) is 1. The van der Waals surface area contributed by atoms with Crippen molar-refractivity contribution in [2.45, 2.75) is 0 Å². The molecule has 2 aromatic heterocycles. The number of nitrogen functional groups attached to an aromatic ring is 1. The molecule has 3 nitrogen and oxygen atoms in total. The predicted octanol–water partition coefficient (Wildman–Crippen LogP) is 2.07. The summed E-state index contributed by atoms with van der Waals surface area (Å²) < 4.78 is 1.94. The lowest BCUT2D eigenvalue weighted by Crippen LogP contribution is -1.87. The van der Waals surface area contributed by atoms with Gasteiger partial charge in [-0.05, 0) is 11.5 Å². The van der Waals surface area contributed by atoms with Crippen molar-refractivity contribution in [1.82, 2.24) is 9.38 Å². The molecule has 0 fully saturated rings. The van der Waals surface area contributed by atoms with E-state index in [1.807, 2.05) is 22.7 Å². The maximum Gasteiger partial charge on any atom is 0.150 e. The molecule has 0 aliphatic carbocycles. The average molecular weight is 183 g/mol. The molecular weight excluding hydrogens is 174 g/mol. The second kappa shape index (κ2) is 2.48. The summed E-state index contributed by atoms with van der Waals surface area (Å²) in [6, 6.07) is 10.2. The number of nitrogens with two attached hydrogens (primary N) is 1. The minimum absolute atomic E-state index is 0.585. The first kappa shape index (κ1) is 7.38. The van der Waals surface area contributed by atoms with Crippen molar-refractivity contribution in [2.24, 2.45) is 0 Å². The first-order valence-corrected chi connectivity index (χ1v) is 4.46. The van der Waals surface area contributed by atoms with E-state index < -0.39 is 0 Å². The van der Waals surface area contributed by atoms with Crippen LogP contribution in [0, 0.1) is 0 Å². The summed E-state index contributed by atoms with van der Waals surface area (Å²) >= 11 is 0. The number of rotatable bonds is 0. The smallest absolute Gasteiger partial charge is 0.150 e. The highest BCUT2D eigenvalue weighted by Gasteiger charge is 2.03. The Balaban J connectivity index is 2.65. The molecule has 0 spiro atoms. The van der Waals surface area contributed by atoms with E-state index >= 15 is 0 Å². The van der Waals surface area contributed by atoms with Crippen LogP contribution in [0.5, 0.6) is 0 Å². The van der Waals surface area contributed by atoms with Crippen LogP contribution in [0.15, 0.2) is 42.9 Å². The van der Waals surface area contributed by atoms with Crippen molar-refractivity contribution in [2.75, 3.05) is 5.73 Å². The lowest BCUT2D eigenvalue weighted by Gasteiger charge is -2.00. The van der Waals surface area contributed by atoms with Gasteiger partial charge < -0.3 is 10.1 Å². The minimum atomic E-state index is 0.585. The average Bonchev–Trinajstić information content (AvgIpc) is 2.61. The summed E-state index contributed by atoms with van der Waals surface area (Å²) in [7, 11) is 0. The first-order valence-electron chi connectivity index (χ1n) is 4.46. The maximum atomic E-state index is 5.81. The van der Waals surface area contributed by atoms with Gasteiger partial charge in [-0.3, -0.25) is 0 Å². The molecule has 2 heterocycles. The Hall–Kier alpha value is -2.03. The molecule has 0 atom stereocenters. The van der Waals surface area contributed by atoms with Gasteiger partial charge in [-0.15, -0.1) is 0 Å². The van der Waals surface area contributed by atoms with Crippen LogP contribution in [0.1, 0.15) is 0 Å². The Labute approximate surface area is 80.8 Å². The van der Waals surface area contributed by atoms with Gasteiger partial charge in [0.15, 0.2) is 0 Å². The van der Waals surface area contributed by atoms with Gasteiger partial charge in [-0.1, -0.05) is 24.3 Å².